The van der Waals surface area contributed by atoms with E-state index in [9.17, 15) is 9.90 Å². The Kier molecular flexibility index (Phi) is 4.59. The van der Waals surface area contributed by atoms with Gasteiger partial charge in [0.05, 0.1) is 18.8 Å². The van der Waals surface area contributed by atoms with Crippen LogP contribution in [0.5, 0.6) is 0 Å². The van der Waals surface area contributed by atoms with Crippen molar-refractivity contribution in [1.82, 2.24) is 0 Å². The standard InChI is InChI=1S/C20H32O4/c1-14-6-10-19(3)16(5-4-8-20(19)13-24-20)18(14,2)9-7-15(12-21)11-17(22)23/h11,14,16,21H,4-10,12-13H2,1-3H3,(H,22,23)/b15-11+/t14-,16-,18+,19-,20+/m1/s1. The van der Waals surface area contributed by atoms with Crippen molar-refractivity contribution in [3.63, 3.8) is 0 Å². The molecule has 0 aromatic rings. The van der Waals surface area contributed by atoms with Gasteiger partial charge in [0, 0.05) is 11.5 Å². The summed E-state index contributed by atoms with van der Waals surface area (Å²) in [7, 11) is 0. The maximum Gasteiger partial charge on any atom is 0.328 e. The van der Waals surface area contributed by atoms with Crippen molar-refractivity contribution in [2.45, 2.75) is 71.3 Å². The van der Waals surface area contributed by atoms with Crippen LogP contribution in [0.15, 0.2) is 11.6 Å². The van der Waals surface area contributed by atoms with Crippen molar-refractivity contribution < 1.29 is 19.7 Å². The molecule has 0 aromatic heterocycles. The fourth-order valence-electron chi connectivity index (χ4n) is 5.95. The van der Waals surface area contributed by atoms with E-state index in [0.29, 0.717) is 23.8 Å². The van der Waals surface area contributed by atoms with E-state index in [-0.39, 0.29) is 23.0 Å². The van der Waals surface area contributed by atoms with Crippen molar-refractivity contribution >= 4 is 5.97 Å². The molecule has 2 N–H and O–H groups in total. The first-order chi connectivity index (χ1) is 11.3. The number of hydrogen-bond acceptors (Lipinski definition) is 3. The molecule has 3 rings (SSSR count). The predicted octanol–water partition coefficient (Wildman–Crippen LogP) is 3.78. The molecule has 4 heteroatoms. The van der Waals surface area contributed by atoms with Gasteiger partial charge in [0.1, 0.15) is 0 Å². The van der Waals surface area contributed by atoms with Crippen LogP contribution in [-0.2, 0) is 9.53 Å². The third-order valence-electron chi connectivity index (χ3n) is 7.91. The molecule has 3 aliphatic rings. The van der Waals surface area contributed by atoms with E-state index in [2.05, 4.69) is 20.8 Å². The first-order valence-electron chi connectivity index (χ1n) is 9.45. The maximum atomic E-state index is 10.9. The third kappa shape index (κ3) is 2.72. The molecule has 1 saturated heterocycles. The second-order valence-electron chi connectivity index (χ2n) is 8.89. The van der Waals surface area contributed by atoms with Crippen LogP contribution in [0.2, 0.25) is 0 Å². The van der Waals surface area contributed by atoms with E-state index in [1.165, 1.54) is 38.2 Å². The lowest BCUT2D eigenvalue weighted by atomic mass is 9.44. The summed E-state index contributed by atoms with van der Waals surface area (Å²) in [6, 6.07) is 0. The topological polar surface area (TPSA) is 70.1 Å². The van der Waals surface area contributed by atoms with Gasteiger partial charge in [0.25, 0.3) is 0 Å². The second kappa shape index (κ2) is 6.14. The molecular formula is C20H32O4. The van der Waals surface area contributed by atoms with E-state index < -0.39 is 5.97 Å². The molecule has 4 nitrogen and oxygen atoms in total. The van der Waals surface area contributed by atoms with Gasteiger partial charge in [-0.1, -0.05) is 27.2 Å². The Balaban J connectivity index is 1.82. The van der Waals surface area contributed by atoms with E-state index in [1.807, 2.05) is 0 Å². The minimum Gasteiger partial charge on any atom is -0.478 e. The fourth-order valence-corrected chi connectivity index (χ4v) is 5.95. The van der Waals surface area contributed by atoms with Gasteiger partial charge >= 0.3 is 5.97 Å². The van der Waals surface area contributed by atoms with E-state index >= 15 is 0 Å². The minimum absolute atomic E-state index is 0.119. The Morgan fingerprint density at radius 3 is 2.58 bits per heavy atom. The zero-order valence-electron chi connectivity index (χ0n) is 15.3. The number of aliphatic hydroxyl groups excluding tert-OH is 1. The third-order valence-corrected chi connectivity index (χ3v) is 7.91. The van der Waals surface area contributed by atoms with Crippen molar-refractivity contribution in [1.29, 1.82) is 0 Å². The van der Waals surface area contributed by atoms with Crippen molar-refractivity contribution in [3.05, 3.63) is 11.6 Å². The van der Waals surface area contributed by atoms with Crippen LogP contribution in [0.25, 0.3) is 0 Å². The Morgan fingerprint density at radius 1 is 1.29 bits per heavy atom. The molecular weight excluding hydrogens is 304 g/mol. The van der Waals surface area contributed by atoms with Crippen LogP contribution >= 0.6 is 0 Å². The molecule has 2 aliphatic carbocycles. The molecule has 3 fully saturated rings. The molecule has 1 aliphatic heterocycles. The molecule has 0 amide bonds. The largest absolute Gasteiger partial charge is 0.478 e. The number of aliphatic carboxylic acids is 1. The number of ether oxygens (including phenoxy) is 1. The highest BCUT2D eigenvalue weighted by atomic mass is 16.6. The van der Waals surface area contributed by atoms with Gasteiger partial charge in [-0.25, -0.2) is 4.79 Å². The minimum atomic E-state index is -0.964. The van der Waals surface area contributed by atoms with Gasteiger partial charge in [-0.05, 0) is 61.3 Å². The van der Waals surface area contributed by atoms with E-state index in [4.69, 9.17) is 9.84 Å². The summed E-state index contributed by atoms with van der Waals surface area (Å²) in [4.78, 5) is 10.9. The molecule has 2 saturated carbocycles. The number of fused-ring (bicyclic) bond motifs is 2. The first kappa shape index (κ1) is 17.9. The molecule has 1 spiro atoms. The lowest BCUT2D eigenvalue weighted by Gasteiger charge is -2.60. The number of carbonyl (C=O) groups is 1. The molecule has 0 aromatic carbocycles. The highest BCUT2D eigenvalue weighted by Crippen LogP contribution is 2.68. The Bertz CT molecular complexity index is 536. The van der Waals surface area contributed by atoms with Gasteiger partial charge in [0.15, 0.2) is 0 Å². The van der Waals surface area contributed by atoms with E-state index in [0.717, 1.165) is 13.0 Å². The fraction of sp³-hybridized carbons (Fsp3) is 0.850. The normalized spacial score (nSPS) is 45.1. The maximum absolute atomic E-state index is 10.9. The van der Waals surface area contributed by atoms with Gasteiger partial charge in [0.2, 0.25) is 0 Å². The zero-order chi connectivity index (χ0) is 17.6. The highest BCUT2D eigenvalue weighted by molar-refractivity contribution is 5.80. The van der Waals surface area contributed by atoms with Gasteiger partial charge in [-0.15, -0.1) is 0 Å². The van der Waals surface area contributed by atoms with Gasteiger partial charge < -0.3 is 14.9 Å². The summed E-state index contributed by atoms with van der Waals surface area (Å²) in [5, 5.41) is 18.4. The van der Waals surface area contributed by atoms with Crippen LogP contribution in [0.4, 0.5) is 0 Å². The number of carboxylic acid groups (broad SMARTS) is 1. The van der Waals surface area contributed by atoms with Crippen molar-refractivity contribution in [2.24, 2.45) is 22.7 Å². The van der Waals surface area contributed by atoms with Crippen LogP contribution in [0.3, 0.4) is 0 Å². The van der Waals surface area contributed by atoms with Gasteiger partial charge in [-0.3, -0.25) is 0 Å². The average molecular weight is 336 g/mol. The van der Waals surface area contributed by atoms with Crippen molar-refractivity contribution in [3.8, 4) is 0 Å². The Labute approximate surface area is 145 Å². The molecule has 136 valence electrons. The number of rotatable bonds is 5. The van der Waals surface area contributed by atoms with Crippen LogP contribution < -0.4 is 0 Å². The molecule has 0 bridgehead atoms. The first-order valence-corrected chi connectivity index (χ1v) is 9.45. The Hall–Kier alpha value is -0.870. The number of hydrogen-bond donors (Lipinski definition) is 2. The summed E-state index contributed by atoms with van der Waals surface area (Å²) >= 11 is 0. The van der Waals surface area contributed by atoms with Crippen molar-refractivity contribution in [2.75, 3.05) is 13.2 Å². The molecule has 5 atom stereocenters. The van der Waals surface area contributed by atoms with E-state index in [1.54, 1.807) is 0 Å². The van der Waals surface area contributed by atoms with Crippen LogP contribution in [0.1, 0.15) is 65.7 Å². The summed E-state index contributed by atoms with van der Waals surface area (Å²) in [5.41, 5.74) is 1.19. The Morgan fingerprint density at radius 2 is 2.00 bits per heavy atom. The monoisotopic (exact) mass is 336 g/mol. The molecule has 24 heavy (non-hydrogen) atoms. The van der Waals surface area contributed by atoms with Crippen LogP contribution in [-0.4, -0.2) is 35.0 Å². The van der Waals surface area contributed by atoms with Crippen LogP contribution in [0, 0.1) is 22.7 Å². The lowest BCUT2D eigenvalue weighted by Crippen LogP contribution is -2.56. The SMILES string of the molecule is C[C@@H]1CC[C@]2(C)[C@H](CCC[C@]23CO3)[C@@]1(C)CC/C(=C\C(=O)O)CO. The molecule has 1 heterocycles. The number of epoxide rings is 1. The number of carboxylic acids is 1. The quantitative estimate of drug-likeness (QED) is 0.592. The summed E-state index contributed by atoms with van der Waals surface area (Å²) in [6.45, 7) is 7.95. The summed E-state index contributed by atoms with van der Waals surface area (Å²) in [5.74, 6) is 0.276. The number of aliphatic hydroxyl groups is 1. The average Bonchev–Trinajstić information content (AvgIpc) is 3.31. The predicted molar refractivity (Wildman–Crippen MR) is 92.7 cm³/mol. The second-order valence-corrected chi connectivity index (χ2v) is 8.89. The zero-order valence-corrected chi connectivity index (χ0v) is 15.3. The lowest BCUT2D eigenvalue weighted by molar-refractivity contribution is -0.131. The highest BCUT2D eigenvalue weighted by Gasteiger charge is 2.67. The smallest absolute Gasteiger partial charge is 0.328 e. The summed E-state index contributed by atoms with van der Waals surface area (Å²) in [6.07, 6.45) is 8.94. The van der Waals surface area contributed by atoms with Gasteiger partial charge in [-0.2, -0.15) is 0 Å². The molecule has 0 unspecified atom stereocenters. The molecule has 0 radical (unpaired) electrons. The summed E-state index contributed by atoms with van der Waals surface area (Å²) < 4.78 is 6.01.